The Kier molecular flexibility index (Phi) is 6.16. The lowest BCUT2D eigenvalue weighted by molar-refractivity contribution is 0.590. The molecular weight excluding hydrogens is 466 g/mol. The first kappa shape index (κ1) is 23.9. The summed E-state index contributed by atoms with van der Waals surface area (Å²) >= 11 is 0. The third kappa shape index (κ3) is 4.90. The molecule has 0 saturated heterocycles. The maximum Gasteiger partial charge on any atom is 0.227 e. The maximum absolute atomic E-state index is 6.11. The molecule has 0 radical (unpaired) electrons. The first-order valence-electron chi connectivity index (χ1n) is 13.1. The van der Waals surface area contributed by atoms with Crippen LogP contribution in [0.3, 0.4) is 0 Å². The van der Waals surface area contributed by atoms with Crippen molar-refractivity contribution < 1.29 is 4.42 Å². The number of hydrazone groups is 1. The fraction of sp³-hybridized carbons (Fsp3) is 0.176. The number of oxazole rings is 1. The lowest BCUT2D eigenvalue weighted by atomic mass is 9.87. The van der Waals surface area contributed by atoms with Gasteiger partial charge in [-0.05, 0) is 64.6 Å². The monoisotopic (exact) mass is 497 g/mol. The average Bonchev–Trinajstić information content (AvgIpc) is 3.57. The van der Waals surface area contributed by atoms with E-state index in [0.717, 1.165) is 34.5 Å². The summed E-state index contributed by atoms with van der Waals surface area (Å²) in [4.78, 5) is 4.80. The zero-order valence-corrected chi connectivity index (χ0v) is 22.0. The van der Waals surface area contributed by atoms with Crippen molar-refractivity contribution in [3.05, 3.63) is 126 Å². The van der Waals surface area contributed by atoms with Crippen molar-refractivity contribution in [1.82, 2.24) is 4.98 Å². The summed E-state index contributed by atoms with van der Waals surface area (Å²) in [6.07, 6.45) is 5.10. The summed E-state index contributed by atoms with van der Waals surface area (Å²) in [5.74, 6) is 0.633. The topological polar surface area (TPSA) is 41.6 Å². The summed E-state index contributed by atoms with van der Waals surface area (Å²) in [5.41, 5.74) is 8.47. The van der Waals surface area contributed by atoms with Crippen LogP contribution in [0.2, 0.25) is 0 Å². The van der Waals surface area contributed by atoms with E-state index in [2.05, 4.69) is 129 Å². The highest BCUT2D eigenvalue weighted by molar-refractivity contribution is 6.01. The van der Waals surface area contributed by atoms with E-state index in [9.17, 15) is 0 Å². The number of hydrogen-bond acceptors (Lipinski definition) is 4. The molecule has 188 valence electrons. The van der Waals surface area contributed by atoms with Crippen LogP contribution < -0.4 is 5.01 Å². The Hall–Kier alpha value is -4.44. The normalized spacial score (nSPS) is 15.9. The van der Waals surface area contributed by atoms with Gasteiger partial charge in [0.15, 0.2) is 5.58 Å². The van der Waals surface area contributed by atoms with Gasteiger partial charge >= 0.3 is 0 Å². The van der Waals surface area contributed by atoms with Gasteiger partial charge in [-0.15, -0.1) is 0 Å². The van der Waals surface area contributed by atoms with Crippen molar-refractivity contribution in [2.45, 2.75) is 38.6 Å². The fourth-order valence-corrected chi connectivity index (χ4v) is 4.84. The number of allylic oxidation sites excluding steroid dienone is 1. The van der Waals surface area contributed by atoms with Crippen molar-refractivity contribution >= 4 is 28.6 Å². The lowest BCUT2D eigenvalue weighted by Gasteiger charge is -2.24. The highest BCUT2D eigenvalue weighted by Gasteiger charge is 2.28. The van der Waals surface area contributed by atoms with E-state index in [4.69, 9.17) is 14.5 Å². The highest BCUT2D eigenvalue weighted by Crippen LogP contribution is 2.37. The average molecular weight is 498 g/mol. The van der Waals surface area contributed by atoms with Gasteiger partial charge in [-0.3, -0.25) is 5.01 Å². The van der Waals surface area contributed by atoms with Crippen LogP contribution in [0.4, 0.5) is 5.69 Å². The molecule has 1 aromatic heterocycles. The summed E-state index contributed by atoms with van der Waals surface area (Å²) in [6.45, 7) is 6.63. The van der Waals surface area contributed by atoms with Crippen molar-refractivity contribution in [2.75, 3.05) is 5.01 Å². The summed E-state index contributed by atoms with van der Waals surface area (Å²) in [6, 6.07) is 35.7. The Morgan fingerprint density at radius 1 is 0.816 bits per heavy atom. The van der Waals surface area contributed by atoms with Crippen molar-refractivity contribution in [3.8, 4) is 11.5 Å². The molecule has 0 aliphatic carbocycles. The minimum Gasteiger partial charge on any atom is -0.436 e. The van der Waals surface area contributed by atoms with E-state index in [1.54, 1.807) is 0 Å². The predicted octanol–water partition coefficient (Wildman–Crippen LogP) is 8.81. The molecule has 38 heavy (non-hydrogen) atoms. The van der Waals surface area contributed by atoms with Crippen LogP contribution in [0.15, 0.2) is 119 Å². The SMILES string of the molecule is CC(C)(C)c1ccc2oc(-c3ccc(N4N=C(C=Cc5ccccc5)CC4c4ccccc4)cc3)nc2c1. The van der Waals surface area contributed by atoms with E-state index < -0.39 is 0 Å². The first-order chi connectivity index (χ1) is 18.4. The second kappa shape index (κ2) is 9.79. The maximum atomic E-state index is 6.11. The van der Waals surface area contributed by atoms with Crippen LogP contribution in [0.25, 0.3) is 28.6 Å². The van der Waals surface area contributed by atoms with Crippen LogP contribution in [0.1, 0.15) is 49.9 Å². The summed E-state index contributed by atoms with van der Waals surface area (Å²) in [7, 11) is 0. The van der Waals surface area contributed by atoms with Gasteiger partial charge in [-0.2, -0.15) is 5.10 Å². The molecule has 4 aromatic carbocycles. The lowest BCUT2D eigenvalue weighted by Crippen LogP contribution is -2.18. The Morgan fingerprint density at radius 2 is 1.53 bits per heavy atom. The number of rotatable bonds is 5. The number of fused-ring (bicyclic) bond motifs is 1. The Morgan fingerprint density at radius 3 is 2.24 bits per heavy atom. The molecule has 0 N–H and O–H groups in total. The number of nitrogens with zero attached hydrogens (tertiary/aromatic N) is 3. The minimum absolute atomic E-state index is 0.0651. The van der Waals surface area contributed by atoms with Crippen LogP contribution >= 0.6 is 0 Å². The molecule has 5 aromatic rings. The summed E-state index contributed by atoms with van der Waals surface area (Å²) < 4.78 is 6.11. The Labute approximate surface area is 224 Å². The highest BCUT2D eigenvalue weighted by atomic mass is 16.3. The van der Waals surface area contributed by atoms with Crippen LogP contribution in [-0.2, 0) is 5.41 Å². The van der Waals surface area contributed by atoms with E-state index in [1.807, 2.05) is 12.1 Å². The number of anilines is 1. The number of hydrogen-bond donors (Lipinski definition) is 0. The molecule has 1 unspecified atom stereocenters. The third-order valence-electron chi connectivity index (χ3n) is 7.02. The predicted molar refractivity (Wildman–Crippen MR) is 157 cm³/mol. The molecule has 4 heteroatoms. The molecule has 0 spiro atoms. The van der Waals surface area contributed by atoms with Gasteiger partial charge < -0.3 is 4.42 Å². The Bertz CT molecular complexity index is 1610. The van der Waals surface area contributed by atoms with Crippen molar-refractivity contribution in [2.24, 2.45) is 5.10 Å². The molecule has 0 amide bonds. The van der Waals surface area contributed by atoms with Crippen LogP contribution in [0.5, 0.6) is 0 Å². The van der Waals surface area contributed by atoms with Crippen LogP contribution in [-0.4, -0.2) is 10.7 Å². The van der Waals surface area contributed by atoms with Crippen molar-refractivity contribution in [3.63, 3.8) is 0 Å². The molecule has 6 rings (SSSR count). The molecule has 1 aliphatic rings. The van der Waals surface area contributed by atoms with E-state index in [-0.39, 0.29) is 11.5 Å². The molecule has 0 fully saturated rings. The third-order valence-corrected chi connectivity index (χ3v) is 7.02. The van der Waals surface area contributed by atoms with Gasteiger partial charge in [0.1, 0.15) is 5.52 Å². The van der Waals surface area contributed by atoms with Gasteiger partial charge in [0.2, 0.25) is 5.89 Å². The fourth-order valence-electron chi connectivity index (χ4n) is 4.84. The van der Waals surface area contributed by atoms with Crippen LogP contribution in [0, 0.1) is 0 Å². The second-order valence-electron chi connectivity index (χ2n) is 10.8. The smallest absolute Gasteiger partial charge is 0.227 e. The zero-order chi connectivity index (χ0) is 26.1. The molecule has 1 atom stereocenters. The molecule has 0 bridgehead atoms. The van der Waals surface area contributed by atoms with E-state index in [0.29, 0.717) is 5.89 Å². The Balaban J connectivity index is 1.30. The zero-order valence-electron chi connectivity index (χ0n) is 22.0. The molecular formula is C34H31N3O. The van der Waals surface area contributed by atoms with E-state index >= 15 is 0 Å². The number of aromatic nitrogens is 1. The van der Waals surface area contributed by atoms with Gasteiger partial charge in [-0.1, -0.05) is 93.6 Å². The van der Waals surface area contributed by atoms with Gasteiger partial charge in [0.05, 0.1) is 17.4 Å². The first-order valence-corrected chi connectivity index (χ1v) is 13.1. The molecule has 2 heterocycles. The quantitative estimate of drug-likeness (QED) is 0.244. The van der Waals surface area contributed by atoms with Gasteiger partial charge in [0, 0.05) is 12.0 Å². The largest absolute Gasteiger partial charge is 0.436 e. The summed E-state index contributed by atoms with van der Waals surface area (Å²) in [5, 5.41) is 7.16. The molecule has 1 aliphatic heterocycles. The second-order valence-corrected chi connectivity index (χ2v) is 10.8. The van der Waals surface area contributed by atoms with Gasteiger partial charge in [-0.25, -0.2) is 4.98 Å². The molecule has 0 saturated carbocycles. The van der Waals surface area contributed by atoms with Crippen molar-refractivity contribution in [1.29, 1.82) is 0 Å². The molecule has 4 nitrogen and oxygen atoms in total. The van der Waals surface area contributed by atoms with E-state index in [1.165, 1.54) is 16.7 Å². The van der Waals surface area contributed by atoms with Gasteiger partial charge in [0.25, 0.3) is 0 Å². The standard InChI is InChI=1S/C34H31N3O/c1-34(2,3)27-17-21-32-30(22-27)35-33(38-32)26-15-19-29(20-16-26)37-31(25-12-8-5-9-13-25)23-28(36-37)18-14-24-10-6-4-7-11-24/h4-22,31H,23H2,1-3H3. The minimum atomic E-state index is 0.0651. The number of benzene rings is 4.